The van der Waals surface area contributed by atoms with E-state index in [-0.39, 0.29) is 23.0 Å². The van der Waals surface area contributed by atoms with E-state index in [2.05, 4.69) is 0 Å². The molecule has 0 atom stereocenters. The maximum Gasteiger partial charge on any atom is 0.500 e. The van der Waals surface area contributed by atoms with E-state index in [1.54, 1.807) is 84.9 Å². The van der Waals surface area contributed by atoms with Crippen molar-refractivity contribution in [2.75, 3.05) is 0 Å². The first-order valence-corrected chi connectivity index (χ1v) is 14.3. The topological polar surface area (TPSA) is 105 Å². The van der Waals surface area contributed by atoms with Crippen molar-refractivity contribution in [2.45, 2.75) is 25.7 Å². The minimum absolute atomic E-state index is 0.107. The highest BCUT2D eigenvalue weighted by Gasteiger charge is 2.28. The Hall–Kier alpha value is -4.02. The van der Waals surface area contributed by atoms with Gasteiger partial charge in [0.05, 0.1) is 0 Å². The average Bonchev–Trinajstić information content (AvgIpc) is 2.89. The molecule has 4 aromatic carbocycles. The average molecular weight is 555 g/mol. The Kier molecular flexibility index (Phi) is 7.94. The van der Waals surface area contributed by atoms with Crippen molar-refractivity contribution in [3.05, 3.63) is 120 Å². The molecule has 0 saturated carbocycles. The lowest BCUT2D eigenvalue weighted by Crippen LogP contribution is -2.23. The molecule has 0 aliphatic rings. The Morgan fingerprint density at radius 3 is 1.08 bits per heavy atom. The number of hydrogen-bond acceptors (Lipinski definition) is 8. The van der Waals surface area contributed by atoms with Crippen LogP contribution >= 0.6 is 0 Å². The quantitative estimate of drug-likeness (QED) is 0.229. The zero-order chi connectivity index (χ0) is 27.2. The van der Waals surface area contributed by atoms with E-state index in [1.165, 1.54) is 24.3 Å². The smallest absolute Gasteiger partial charge is 0.353 e. The molecule has 0 aliphatic carbocycles. The van der Waals surface area contributed by atoms with Crippen LogP contribution in [0.5, 0.6) is 23.0 Å². The zero-order valence-corrected chi connectivity index (χ0v) is 22.3. The summed E-state index contributed by atoms with van der Waals surface area (Å²) in [5, 5.41) is 0. The molecule has 0 spiro atoms. The summed E-state index contributed by atoms with van der Waals surface area (Å²) in [5.41, 5.74) is 1.35. The molecule has 0 amide bonds. The maximum absolute atomic E-state index is 12.3. The molecule has 0 saturated heterocycles. The predicted octanol–water partition coefficient (Wildman–Crippen LogP) is 5.81. The van der Waals surface area contributed by atoms with Crippen LogP contribution in [0, 0.1) is 0 Å². The van der Waals surface area contributed by atoms with E-state index in [0.29, 0.717) is 6.42 Å². The highest BCUT2D eigenvalue weighted by molar-refractivity contribution is 7.82. The monoisotopic (exact) mass is 554 g/mol. The summed E-state index contributed by atoms with van der Waals surface area (Å²) < 4.78 is 69.1. The molecule has 4 rings (SSSR count). The minimum atomic E-state index is -4.31. The first-order valence-electron chi connectivity index (χ1n) is 11.7. The van der Waals surface area contributed by atoms with Gasteiger partial charge in [0.1, 0.15) is 23.0 Å². The summed E-state index contributed by atoms with van der Waals surface area (Å²) in [6, 6.07) is 29.5. The first-order chi connectivity index (χ1) is 18.1. The molecule has 0 heterocycles. The van der Waals surface area contributed by atoms with Gasteiger partial charge in [0.25, 0.3) is 0 Å². The standard InChI is InChI=1S/C28H26O8S2/c1-3-28(2,22-14-18-26(19-15-22)35-37(29,30)33-24-10-6-4-7-11-24)23-16-20-27(21-17-23)36-38(31,32)34-25-12-8-5-9-13-25/h4-21H,3H2,1-2H3. The van der Waals surface area contributed by atoms with Crippen molar-refractivity contribution in [2.24, 2.45) is 0 Å². The predicted molar refractivity (Wildman–Crippen MR) is 143 cm³/mol. The SMILES string of the molecule is CCC(C)(c1ccc(OS(=O)(=O)Oc2ccccc2)cc1)c1ccc(OS(=O)(=O)Oc2ccccc2)cc1. The summed E-state index contributed by atoms with van der Waals surface area (Å²) in [5.74, 6) is 0.509. The molecule has 0 radical (unpaired) electrons. The third-order valence-electron chi connectivity index (χ3n) is 5.97. The second kappa shape index (κ2) is 11.2. The zero-order valence-electron chi connectivity index (χ0n) is 20.7. The highest BCUT2D eigenvalue weighted by atomic mass is 32.3. The van der Waals surface area contributed by atoms with E-state index in [4.69, 9.17) is 16.7 Å². The lowest BCUT2D eigenvalue weighted by atomic mass is 9.74. The van der Waals surface area contributed by atoms with Gasteiger partial charge in [-0.2, -0.15) is 0 Å². The number of hydrogen-bond donors (Lipinski definition) is 0. The van der Waals surface area contributed by atoms with E-state index >= 15 is 0 Å². The van der Waals surface area contributed by atoms with Crippen LogP contribution in [0.3, 0.4) is 0 Å². The van der Waals surface area contributed by atoms with Gasteiger partial charge in [0.2, 0.25) is 0 Å². The number of rotatable bonds is 11. The van der Waals surface area contributed by atoms with Gasteiger partial charge < -0.3 is 16.7 Å². The lowest BCUT2D eigenvalue weighted by molar-refractivity contribution is 0.390. The van der Waals surface area contributed by atoms with Crippen molar-refractivity contribution in [1.29, 1.82) is 0 Å². The highest BCUT2D eigenvalue weighted by Crippen LogP contribution is 2.37. The van der Waals surface area contributed by atoms with Crippen LogP contribution in [-0.2, 0) is 26.2 Å². The molecule has 38 heavy (non-hydrogen) atoms. The van der Waals surface area contributed by atoms with Crippen molar-refractivity contribution < 1.29 is 33.6 Å². The lowest BCUT2D eigenvalue weighted by Gasteiger charge is -2.30. The molecule has 0 unspecified atom stereocenters. The van der Waals surface area contributed by atoms with Crippen LogP contribution in [0.25, 0.3) is 0 Å². The van der Waals surface area contributed by atoms with Gasteiger partial charge in [-0.3, -0.25) is 0 Å². The van der Waals surface area contributed by atoms with Crippen LogP contribution in [-0.4, -0.2) is 16.8 Å². The Balaban J connectivity index is 1.46. The second-order valence-electron chi connectivity index (χ2n) is 8.51. The molecular formula is C28H26O8S2. The molecule has 0 aliphatic heterocycles. The van der Waals surface area contributed by atoms with Crippen molar-refractivity contribution in [1.82, 2.24) is 0 Å². The van der Waals surface area contributed by atoms with Gasteiger partial charge >= 0.3 is 20.8 Å². The molecule has 8 nitrogen and oxygen atoms in total. The maximum atomic E-state index is 12.3. The van der Waals surface area contributed by atoms with Gasteiger partial charge in [-0.25, -0.2) is 0 Å². The largest absolute Gasteiger partial charge is 0.500 e. The summed E-state index contributed by atoms with van der Waals surface area (Å²) in [4.78, 5) is 0. The summed E-state index contributed by atoms with van der Waals surface area (Å²) in [7, 11) is -8.61. The molecule has 0 fully saturated rings. The van der Waals surface area contributed by atoms with Gasteiger partial charge in [-0.15, -0.1) is 16.8 Å². The van der Waals surface area contributed by atoms with Gasteiger partial charge in [-0.05, 0) is 66.1 Å². The van der Waals surface area contributed by atoms with Crippen molar-refractivity contribution in [3.8, 4) is 23.0 Å². The van der Waals surface area contributed by atoms with E-state index < -0.39 is 26.2 Å². The fraction of sp³-hybridized carbons (Fsp3) is 0.143. The number of para-hydroxylation sites is 2. The third kappa shape index (κ3) is 6.84. The molecule has 0 N–H and O–H groups in total. The van der Waals surface area contributed by atoms with Crippen LogP contribution in [0.15, 0.2) is 109 Å². The number of benzene rings is 4. The summed E-state index contributed by atoms with van der Waals surface area (Å²) >= 11 is 0. The van der Waals surface area contributed by atoms with Crippen LogP contribution < -0.4 is 16.7 Å². The molecule has 10 heteroatoms. The normalized spacial score (nSPS) is 11.9. The van der Waals surface area contributed by atoms with Gasteiger partial charge in [0.15, 0.2) is 0 Å². The van der Waals surface area contributed by atoms with Crippen molar-refractivity contribution >= 4 is 20.8 Å². The molecular weight excluding hydrogens is 528 g/mol. The molecule has 198 valence electrons. The van der Waals surface area contributed by atoms with Gasteiger partial charge in [-0.1, -0.05) is 74.5 Å². The summed E-state index contributed by atoms with van der Waals surface area (Å²) in [6.07, 6.45) is 0.707. The minimum Gasteiger partial charge on any atom is -0.353 e. The van der Waals surface area contributed by atoms with Crippen molar-refractivity contribution in [3.63, 3.8) is 0 Å². The first kappa shape index (κ1) is 27.0. The summed E-state index contributed by atoms with van der Waals surface area (Å²) in [6.45, 7) is 4.05. The van der Waals surface area contributed by atoms with Crippen LogP contribution in [0.2, 0.25) is 0 Å². The van der Waals surface area contributed by atoms with Crippen LogP contribution in [0.1, 0.15) is 31.4 Å². The second-order valence-corrected chi connectivity index (χ2v) is 10.8. The Labute approximate surface area is 223 Å². The molecule has 4 aromatic rings. The van der Waals surface area contributed by atoms with E-state index in [1.807, 2.05) is 13.8 Å². The fourth-order valence-electron chi connectivity index (χ4n) is 3.79. The Morgan fingerprint density at radius 2 is 0.789 bits per heavy atom. The van der Waals surface area contributed by atoms with Crippen LogP contribution in [0.4, 0.5) is 0 Å². The third-order valence-corrected chi connectivity index (χ3v) is 7.56. The van der Waals surface area contributed by atoms with Gasteiger partial charge in [0, 0.05) is 5.41 Å². The fourth-order valence-corrected chi connectivity index (χ4v) is 5.24. The molecule has 0 aromatic heterocycles. The van der Waals surface area contributed by atoms with E-state index in [9.17, 15) is 16.8 Å². The van der Waals surface area contributed by atoms with E-state index in [0.717, 1.165) is 11.1 Å². The molecule has 0 bridgehead atoms. The Morgan fingerprint density at radius 1 is 0.500 bits per heavy atom. The Bertz CT molecular complexity index is 1430.